The minimum atomic E-state index is -1.09. The Hall–Kier alpha value is -1.85. The molecule has 1 heterocycles. The molecular formula is C13H10Cl2N2O3. The quantitative estimate of drug-likeness (QED) is 0.858. The van der Waals surface area contributed by atoms with Gasteiger partial charge in [-0.25, -0.2) is 4.79 Å². The molecule has 0 fully saturated rings. The van der Waals surface area contributed by atoms with Crippen molar-refractivity contribution in [3.8, 4) is 0 Å². The minimum absolute atomic E-state index is 0.00487. The van der Waals surface area contributed by atoms with Crippen LogP contribution in [-0.2, 0) is 17.6 Å². The lowest BCUT2D eigenvalue weighted by Crippen LogP contribution is -2.02. The van der Waals surface area contributed by atoms with Gasteiger partial charge in [-0.15, -0.1) is 0 Å². The molecule has 0 aliphatic heterocycles. The predicted molar refractivity (Wildman–Crippen MR) is 74.0 cm³/mol. The van der Waals surface area contributed by atoms with Crippen LogP contribution in [0.3, 0.4) is 0 Å². The first kappa shape index (κ1) is 14.6. The zero-order valence-electron chi connectivity index (χ0n) is 10.3. The van der Waals surface area contributed by atoms with Crippen molar-refractivity contribution in [1.82, 2.24) is 10.1 Å². The van der Waals surface area contributed by atoms with Crippen LogP contribution in [0.25, 0.3) is 0 Å². The summed E-state index contributed by atoms with van der Waals surface area (Å²) in [6.07, 6.45) is 0.434. The first-order valence-electron chi connectivity index (χ1n) is 5.62. The monoisotopic (exact) mass is 312 g/mol. The first-order valence-corrected chi connectivity index (χ1v) is 6.37. The molecule has 0 saturated heterocycles. The first-order chi connectivity index (χ1) is 9.45. The topological polar surface area (TPSA) is 76.2 Å². The number of carbonyl (C=O) groups is 1. The Balaban J connectivity index is 2.07. The maximum absolute atomic E-state index is 10.7. The van der Waals surface area contributed by atoms with E-state index in [4.69, 9.17) is 32.8 Å². The van der Waals surface area contributed by atoms with Crippen molar-refractivity contribution in [3.05, 3.63) is 57.7 Å². The molecule has 1 aromatic heterocycles. The summed E-state index contributed by atoms with van der Waals surface area (Å²) in [6, 6.07) is 5.21. The Bertz CT molecular complexity index is 667. The molecule has 0 amide bonds. The minimum Gasteiger partial charge on any atom is -0.478 e. The van der Waals surface area contributed by atoms with Crippen molar-refractivity contribution in [2.24, 2.45) is 0 Å². The highest BCUT2D eigenvalue weighted by molar-refractivity contribution is 6.42. The molecule has 0 saturated carbocycles. The molecule has 2 rings (SSSR count). The molecule has 0 radical (unpaired) electrons. The summed E-state index contributed by atoms with van der Waals surface area (Å²) >= 11 is 11.7. The summed E-state index contributed by atoms with van der Waals surface area (Å²) in [5.74, 6) is -0.432. The number of carboxylic acids is 1. The maximum Gasteiger partial charge on any atom is 0.331 e. The third kappa shape index (κ3) is 3.59. The molecule has 5 nitrogen and oxygen atoms in total. The van der Waals surface area contributed by atoms with Gasteiger partial charge in [-0.05, 0) is 17.7 Å². The Morgan fingerprint density at radius 3 is 2.75 bits per heavy atom. The van der Waals surface area contributed by atoms with E-state index < -0.39 is 5.97 Å². The number of rotatable bonds is 5. The van der Waals surface area contributed by atoms with Gasteiger partial charge in [0, 0.05) is 12.0 Å². The van der Waals surface area contributed by atoms with Crippen molar-refractivity contribution in [2.75, 3.05) is 0 Å². The van der Waals surface area contributed by atoms with Crippen molar-refractivity contribution >= 4 is 29.2 Å². The van der Waals surface area contributed by atoms with Crippen LogP contribution in [0.4, 0.5) is 0 Å². The fourth-order valence-corrected chi connectivity index (χ4v) is 1.84. The second kappa shape index (κ2) is 6.07. The smallest absolute Gasteiger partial charge is 0.331 e. The van der Waals surface area contributed by atoms with E-state index in [1.807, 2.05) is 0 Å². The van der Waals surface area contributed by atoms with Crippen molar-refractivity contribution in [2.45, 2.75) is 12.8 Å². The molecule has 1 aromatic carbocycles. The number of hydrogen-bond acceptors (Lipinski definition) is 4. The molecule has 104 valence electrons. The van der Waals surface area contributed by atoms with Crippen LogP contribution in [0.5, 0.6) is 0 Å². The van der Waals surface area contributed by atoms with Gasteiger partial charge in [0.2, 0.25) is 5.89 Å². The van der Waals surface area contributed by atoms with Crippen LogP contribution < -0.4 is 0 Å². The summed E-state index contributed by atoms with van der Waals surface area (Å²) in [5.41, 5.74) is 0.874. The van der Waals surface area contributed by atoms with Crippen molar-refractivity contribution in [1.29, 1.82) is 0 Å². The lowest BCUT2D eigenvalue weighted by atomic mass is 10.1. The third-order valence-corrected chi connectivity index (χ3v) is 3.26. The Kier molecular flexibility index (Phi) is 4.42. The van der Waals surface area contributed by atoms with Gasteiger partial charge < -0.3 is 9.63 Å². The lowest BCUT2D eigenvalue weighted by Gasteiger charge is -1.99. The SMILES string of the molecule is C=C(Cc1nc(Cc2ccc(Cl)c(Cl)c2)no1)C(=O)O. The number of aromatic nitrogens is 2. The van der Waals surface area contributed by atoms with Gasteiger partial charge in [0.05, 0.1) is 16.5 Å². The number of halogens is 2. The molecular weight excluding hydrogens is 303 g/mol. The van der Waals surface area contributed by atoms with E-state index in [-0.39, 0.29) is 17.9 Å². The standard InChI is InChI=1S/C13H10Cl2N2O3/c1-7(13(18)19)4-12-16-11(17-20-12)6-8-2-3-9(14)10(15)5-8/h2-3,5H,1,4,6H2,(H,18,19). The normalized spacial score (nSPS) is 10.5. The van der Waals surface area contributed by atoms with Crippen LogP contribution in [0, 0.1) is 0 Å². The molecule has 0 unspecified atom stereocenters. The largest absolute Gasteiger partial charge is 0.478 e. The van der Waals surface area contributed by atoms with Gasteiger partial charge in [0.25, 0.3) is 0 Å². The highest BCUT2D eigenvalue weighted by Gasteiger charge is 2.12. The van der Waals surface area contributed by atoms with Crippen molar-refractivity contribution < 1.29 is 14.4 Å². The van der Waals surface area contributed by atoms with Gasteiger partial charge in [0.1, 0.15) is 0 Å². The number of carboxylic acid groups (broad SMARTS) is 1. The highest BCUT2D eigenvalue weighted by Crippen LogP contribution is 2.23. The maximum atomic E-state index is 10.7. The third-order valence-electron chi connectivity index (χ3n) is 2.52. The fraction of sp³-hybridized carbons (Fsp3) is 0.154. The van der Waals surface area contributed by atoms with Crippen LogP contribution in [0.15, 0.2) is 34.9 Å². The molecule has 0 aliphatic rings. The van der Waals surface area contributed by atoms with Crippen LogP contribution in [-0.4, -0.2) is 21.2 Å². The van der Waals surface area contributed by atoms with Crippen molar-refractivity contribution in [3.63, 3.8) is 0 Å². The number of nitrogens with zero attached hydrogens (tertiary/aromatic N) is 2. The predicted octanol–water partition coefficient (Wildman–Crippen LogP) is 3.15. The van der Waals surface area contributed by atoms with Gasteiger partial charge in [0.15, 0.2) is 5.82 Å². The van der Waals surface area contributed by atoms with Gasteiger partial charge >= 0.3 is 5.97 Å². The Morgan fingerprint density at radius 1 is 1.35 bits per heavy atom. The zero-order chi connectivity index (χ0) is 14.7. The van der Waals surface area contributed by atoms with Gasteiger partial charge in [-0.2, -0.15) is 4.98 Å². The molecule has 0 aliphatic carbocycles. The molecule has 0 bridgehead atoms. The highest BCUT2D eigenvalue weighted by atomic mass is 35.5. The summed E-state index contributed by atoms with van der Waals surface area (Å²) < 4.78 is 4.97. The Labute approximate surface area is 124 Å². The molecule has 0 atom stereocenters. The summed E-state index contributed by atoms with van der Waals surface area (Å²) in [7, 11) is 0. The van der Waals surface area contributed by atoms with E-state index in [1.165, 1.54) is 0 Å². The Morgan fingerprint density at radius 2 is 2.10 bits per heavy atom. The van der Waals surface area contributed by atoms with Gasteiger partial charge in [-0.1, -0.05) is 41.0 Å². The molecule has 20 heavy (non-hydrogen) atoms. The van der Waals surface area contributed by atoms with Gasteiger partial charge in [-0.3, -0.25) is 0 Å². The van der Waals surface area contributed by atoms with E-state index >= 15 is 0 Å². The van der Waals surface area contributed by atoms with E-state index in [0.29, 0.717) is 22.3 Å². The molecule has 2 aromatic rings. The molecule has 7 heteroatoms. The lowest BCUT2D eigenvalue weighted by molar-refractivity contribution is -0.132. The van der Waals surface area contributed by atoms with E-state index in [1.54, 1.807) is 18.2 Å². The average molecular weight is 313 g/mol. The van der Waals surface area contributed by atoms with Crippen LogP contribution >= 0.6 is 23.2 Å². The summed E-state index contributed by atoms with van der Waals surface area (Å²) in [5, 5.41) is 13.4. The zero-order valence-corrected chi connectivity index (χ0v) is 11.8. The van der Waals surface area contributed by atoms with Crippen LogP contribution in [0.1, 0.15) is 17.3 Å². The number of aliphatic carboxylic acids is 1. The van der Waals surface area contributed by atoms with Crippen LogP contribution in [0.2, 0.25) is 10.0 Å². The molecule has 0 spiro atoms. The van der Waals surface area contributed by atoms with E-state index in [0.717, 1.165) is 5.56 Å². The summed E-state index contributed by atoms with van der Waals surface area (Å²) in [6.45, 7) is 3.40. The van der Waals surface area contributed by atoms with E-state index in [2.05, 4.69) is 16.7 Å². The van der Waals surface area contributed by atoms with E-state index in [9.17, 15) is 4.79 Å². The molecule has 1 N–H and O–H groups in total. The number of benzene rings is 1. The fourth-order valence-electron chi connectivity index (χ4n) is 1.52. The average Bonchev–Trinajstić information content (AvgIpc) is 2.81. The second-order valence-electron chi connectivity index (χ2n) is 4.12. The summed E-state index contributed by atoms with van der Waals surface area (Å²) in [4.78, 5) is 14.8. The number of hydrogen-bond donors (Lipinski definition) is 1. The second-order valence-corrected chi connectivity index (χ2v) is 4.93.